The molecule has 1 rings (SSSR count). The van der Waals surface area contributed by atoms with Crippen LogP contribution < -0.4 is 11.3 Å². The van der Waals surface area contributed by atoms with Crippen molar-refractivity contribution in [3.05, 3.63) is 35.9 Å². The molecule has 20 heavy (non-hydrogen) atoms. The van der Waals surface area contributed by atoms with Crippen molar-refractivity contribution in [2.45, 2.75) is 19.4 Å². The van der Waals surface area contributed by atoms with Gasteiger partial charge in [0.25, 0.3) is 5.91 Å². The highest BCUT2D eigenvalue weighted by molar-refractivity contribution is 5.82. The molecule has 1 aromatic rings. The first-order valence-electron chi connectivity index (χ1n) is 7.04. The zero-order chi connectivity index (χ0) is 15.0. The van der Waals surface area contributed by atoms with E-state index in [1.807, 2.05) is 44.4 Å². The molecule has 1 unspecified atom stereocenters. The summed E-state index contributed by atoms with van der Waals surface area (Å²) >= 11 is 0. The fourth-order valence-electron chi connectivity index (χ4n) is 2.23. The second-order valence-corrected chi connectivity index (χ2v) is 5.16. The lowest BCUT2D eigenvalue weighted by Gasteiger charge is -2.31. The van der Waals surface area contributed by atoms with Crippen molar-refractivity contribution in [2.24, 2.45) is 5.84 Å². The summed E-state index contributed by atoms with van der Waals surface area (Å²) in [5.74, 6) is 5.20. The number of likely N-dealkylation sites (N-methyl/N-ethyl adjacent to an activating group) is 1. The van der Waals surface area contributed by atoms with Gasteiger partial charge in [0.2, 0.25) is 0 Å². The second kappa shape index (κ2) is 8.68. The average Bonchev–Trinajstić information content (AvgIpc) is 2.45. The number of benzene rings is 1. The predicted molar refractivity (Wildman–Crippen MR) is 81.9 cm³/mol. The summed E-state index contributed by atoms with van der Waals surface area (Å²) in [5.41, 5.74) is 3.27. The van der Waals surface area contributed by atoms with Gasteiger partial charge in [0.05, 0.1) is 0 Å². The fraction of sp³-hybridized carbons (Fsp3) is 0.533. The number of rotatable bonds is 8. The van der Waals surface area contributed by atoms with Crippen molar-refractivity contribution in [1.29, 1.82) is 0 Å². The Morgan fingerprint density at radius 2 is 1.85 bits per heavy atom. The molecule has 0 aromatic heterocycles. The van der Waals surface area contributed by atoms with Gasteiger partial charge >= 0.3 is 0 Å². The Bertz CT molecular complexity index is 394. The number of hydrogen-bond donors (Lipinski definition) is 2. The second-order valence-electron chi connectivity index (χ2n) is 5.16. The highest BCUT2D eigenvalue weighted by Gasteiger charge is 2.26. The number of nitrogens with one attached hydrogen (secondary N) is 1. The van der Waals surface area contributed by atoms with Crippen molar-refractivity contribution in [3.63, 3.8) is 0 Å². The van der Waals surface area contributed by atoms with Crippen molar-refractivity contribution >= 4 is 5.91 Å². The van der Waals surface area contributed by atoms with Crippen molar-refractivity contribution in [1.82, 2.24) is 15.2 Å². The molecule has 1 amide bonds. The monoisotopic (exact) mass is 278 g/mol. The van der Waals surface area contributed by atoms with Crippen LogP contribution in [0.4, 0.5) is 0 Å². The zero-order valence-corrected chi connectivity index (χ0v) is 12.7. The minimum absolute atomic E-state index is 0.164. The van der Waals surface area contributed by atoms with Crippen LogP contribution in [0, 0.1) is 0 Å². The Kier molecular flexibility index (Phi) is 7.22. The molecule has 112 valence electrons. The van der Waals surface area contributed by atoms with Crippen LogP contribution in [0.3, 0.4) is 0 Å². The molecule has 0 fully saturated rings. The van der Waals surface area contributed by atoms with Gasteiger partial charge in [-0.15, -0.1) is 0 Å². The van der Waals surface area contributed by atoms with Gasteiger partial charge in [-0.2, -0.15) is 0 Å². The topological polar surface area (TPSA) is 61.6 Å². The zero-order valence-electron chi connectivity index (χ0n) is 12.7. The van der Waals surface area contributed by atoms with E-state index in [0.29, 0.717) is 0 Å². The molecule has 0 aliphatic rings. The minimum Gasteiger partial charge on any atom is -0.308 e. The van der Waals surface area contributed by atoms with Crippen molar-refractivity contribution < 1.29 is 4.79 Å². The van der Waals surface area contributed by atoms with Crippen LogP contribution >= 0.6 is 0 Å². The summed E-state index contributed by atoms with van der Waals surface area (Å²) < 4.78 is 0. The molecule has 1 atom stereocenters. The smallest absolute Gasteiger partial charge is 0.255 e. The van der Waals surface area contributed by atoms with Gasteiger partial charge in [-0.25, -0.2) is 5.84 Å². The van der Waals surface area contributed by atoms with E-state index in [4.69, 9.17) is 5.84 Å². The Labute approximate surface area is 121 Å². The first-order chi connectivity index (χ1) is 9.60. The third kappa shape index (κ3) is 4.92. The third-order valence-corrected chi connectivity index (χ3v) is 3.22. The van der Waals surface area contributed by atoms with Crippen LogP contribution in [0.15, 0.2) is 30.3 Å². The Balaban J connectivity index is 2.95. The molecule has 0 spiro atoms. The Morgan fingerprint density at radius 3 is 2.35 bits per heavy atom. The molecular weight excluding hydrogens is 252 g/mol. The van der Waals surface area contributed by atoms with Crippen molar-refractivity contribution in [2.75, 3.05) is 33.7 Å². The molecule has 5 heteroatoms. The van der Waals surface area contributed by atoms with E-state index in [1.54, 1.807) is 0 Å². The summed E-state index contributed by atoms with van der Waals surface area (Å²) in [5, 5.41) is 0. The van der Waals surface area contributed by atoms with Crippen molar-refractivity contribution in [3.8, 4) is 0 Å². The Hall–Kier alpha value is -1.43. The lowest BCUT2D eigenvalue weighted by Crippen LogP contribution is -2.45. The maximum atomic E-state index is 12.2. The number of amides is 1. The maximum Gasteiger partial charge on any atom is 0.255 e. The first-order valence-corrected chi connectivity index (χ1v) is 7.04. The standard InChI is InChI=1S/C15H26N4O/c1-4-10-19(12-11-18(2)3)14(15(20)17-16)13-8-6-5-7-9-13/h5-9,14H,4,10-12,16H2,1-3H3,(H,17,20). The number of nitrogens with zero attached hydrogens (tertiary/aromatic N) is 2. The lowest BCUT2D eigenvalue weighted by molar-refractivity contribution is -0.126. The van der Waals surface area contributed by atoms with Gasteiger partial charge in [0, 0.05) is 13.1 Å². The first kappa shape index (κ1) is 16.6. The van der Waals surface area contributed by atoms with Gasteiger partial charge in [-0.1, -0.05) is 37.3 Å². The van der Waals surface area contributed by atoms with Gasteiger partial charge < -0.3 is 4.90 Å². The predicted octanol–water partition coefficient (Wildman–Crippen LogP) is 0.991. The van der Waals surface area contributed by atoms with E-state index in [2.05, 4.69) is 22.1 Å². The molecule has 0 aliphatic carbocycles. The molecule has 5 nitrogen and oxygen atoms in total. The number of hydrogen-bond acceptors (Lipinski definition) is 4. The van der Waals surface area contributed by atoms with E-state index >= 15 is 0 Å². The molecule has 1 aromatic carbocycles. The molecular formula is C15H26N4O. The molecule has 0 saturated carbocycles. The van der Waals surface area contributed by atoms with Gasteiger partial charge in [-0.3, -0.25) is 15.1 Å². The Morgan fingerprint density at radius 1 is 1.20 bits per heavy atom. The molecule has 3 N–H and O–H groups in total. The van der Waals surface area contributed by atoms with Gasteiger partial charge in [0.15, 0.2) is 0 Å². The van der Waals surface area contributed by atoms with E-state index in [-0.39, 0.29) is 11.9 Å². The highest BCUT2D eigenvalue weighted by Crippen LogP contribution is 2.21. The SMILES string of the molecule is CCCN(CCN(C)C)C(C(=O)NN)c1ccccc1. The quantitative estimate of drug-likeness (QED) is 0.423. The summed E-state index contributed by atoms with van der Waals surface area (Å²) in [6.45, 7) is 4.71. The lowest BCUT2D eigenvalue weighted by atomic mass is 10.0. The largest absolute Gasteiger partial charge is 0.308 e. The molecule has 0 saturated heterocycles. The van der Waals surface area contributed by atoms with E-state index in [0.717, 1.165) is 31.6 Å². The summed E-state index contributed by atoms with van der Waals surface area (Å²) in [6, 6.07) is 9.45. The highest BCUT2D eigenvalue weighted by atomic mass is 16.2. The molecule has 0 heterocycles. The van der Waals surface area contributed by atoms with E-state index in [1.165, 1.54) is 0 Å². The van der Waals surface area contributed by atoms with E-state index in [9.17, 15) is 4.79 Å². The minimum atomic E-state index is -0.332. The van der Waals surface area contributed by atoms with Crippen LogP contribution in [-0.2, 0) is 4.79 Å². The van der Waals surface area contributed by atoms with Crippen LogP contribution in [0.25, 0.3) is 0 Å². The summed E-state index contributed by atoms with van der Waals surface area (Å²) in [4.78, 5) is 16.5. The summed E-state index contributed by atoms with van der Waals surface area (Å²) in [6.07, 6.45) is 0.995. The maximum absolute atomic E-state index is 12.2. The van der Waals surface area contributed by atoms with E-state index < -0.39 is 0 Å². The van der Waals surface area contributed by atoms with Crippen LogP contribution in [0.5, 0.6) is 0 Å². The fourth-order valence-corrected chi connectivity index (χ4v) is 2.23. The number of carbonyl (C=O) groups is 1. The normalized spacial score (nSPS) is 12.7. The van der Waals surface area contributed by atoms with Gasteiger partial charge in [0.1, 0.15) is 6.04 Å². The average molecular weight is 278 g/mol. The third-order valence-electron chi connectivity index (χ3n) is 3.22. The van der Waals surface area contributed by atoms with Crippen LogP contribution in [-0.4, -0.2) is 49.4 Å². The number of nitrogens with two attached hydrogens (primary N) is 1. The number of hydrazine groups is 1. The molecule has 0 bridgehead atoms. The number of carbonyl (C=O) groups excluding carboxylic acids is 1. The van der Waals surface area contributed by atoms with Crippen LogP contribution in [0.2, 0.25) is 0 Å². The van der Waals surface area contributed by atoms with Crippen LogP contribution in [0.1, 0.15) is 24.9 Å². The molecule has 0 aliphatic heterocycles. The van der Waals surface area contributed by atoms with Gasteiger partial charge in [-0.05, 0) is 32.6 Å². The summed E-state index contributed by atoms with van der Waals surface area (Å²) in [7, 11) is 4.06. The molecule has 0 radical (unpaired) electrons.